The summed E-state index contributed by atoms with van der Waals surface area (Å²) < 4.78 is 0.936. The van der Waals surface area contributed by atoms with Crippen LogP contribution >= 0.6 is 27.3 Å². The van der Waals surface area contributed by atoms with Crippen molar-refractivity contribution in [3.8, 4) is 0 Å². The van der Waals surface area contributed by atoms with Crippen LogP contribution in [-0.2, 0) is 6.54 Å². The molecule has 2 aromatic rings. The molecule has 106 valence electrons. The Labute approximate surface area is 132 Å². The maximum atomic E-state index is 7.79. The summed E-state index contributed by atoms with van der Waals surface area (Å²) in [6.45, 7) is 5.14. The zero-order chi connectivity index (χ0) is 14.7. The molecule has 1 aromatic carbocycles. The van der Waals surface area contributed by atoms with E-state index >= 15 is 0 Å². The number of rotatable bonds is 5. The zero-order valence-electron chi connectivity index (χ0n) is 11.6. The third-order valence-electron chi connectivity index (χ3n) is 3.09. The average molecular weight is 352 g/mol. The van der Waals surface area contributed by atoms with Crippen molar-refractivity contribution in [2.45, 2.75) is 26.4 Å². The predicted molar refractivity (Wildman–Crippen MR) is 90.8 cm³/mol. The molecule has 0 amide bonds. The van der Waals surface area contributed by atoms with Crippen molar-refractivity contribution < 1.29 is 0 Å². The molecule has 3 N–H and O–H groups in total. The molecule has 1 aromatic heterocycles. The van der Waals surface area contributed by atoms with Gasteiger partial charge in [0.05, 0.1) is 6.54 Å². The Morgan fingerprint density at radius 2 is 2.15 bits per heavy atom. The van der Waals surface area contributed by atoms with Crippen LogP contribution in [0.3, 0.4) is 0 Å². The molecule has 0 spiro atoms. The Hall–Kier alpha value is -1.33. The van der Waals surface area contributed by atoms with Crippen LogP contribution in [0.15, 0.2) is 40.2 Å². The van der Waals surface area contributed by atoms with E-state index in [4.69, 9.17) is 11.1 Å². The molecule has 20 heavy (non-hydrogen) atoms. The Morgan fingerprint density at radius 1 is 1.40 bits per heavy atom. The second kappa shape index (κ2) is 6.41. The molecular weight excluding hydrogens is 334 g/mol. The minimum absolute atomic E-state index is 0.0955. The van der Waals surface area contributed by atoms with Gasteiger partial charge in [-0.2, -0.15) is 0 Å². The predicted octanol–water partition coefficient (Wildman–Crippen LogP) is 4.21. The fourth-order valence-electron chi connectivity index (χ4n) is 2.09. The number of hydrogen-bond acceptors (Lipinski definition) is 3. The first-order chi connectivity index (χ1) is 9.49. The molecule has 0 bridgehead atoms. The normalized spacial score (nSPS) is 10.8. The van der Waals surface area contributed by atoms with E-state index in [-0.39, 0.29) is 5.84 Å². The summed E-state index contributed by atoms with van der Waals surface area (Å²) in [4.78, 5) is 3.57. The zero-order valence-corrected chi connectivity index (χ0v) is 14.0. The van der Waals surface area contributed by atoms with Gasteiger partial charge in [-0.15, -0.1) is 11.3 Å². The molecule has 2 rings (SSSR count). The van der Waals surface area contributed by atoms with Crippen LogP contribution in [0.25, 0.3) is 0 Å². The van der Waals surface area contributed by atoms with E-state index in [2.05, 4.69) is 52.2 Å². The monoisotopic (exact) mass is 351 g/mol. The highest BCUT2D eigenvalue weighted by atomic mass is 79.9. The molecular formula is C15H18BrN3S. The first kappa shape index (κ1) is 15.1. The van der Waals surface area contributed by atoms with Crippen molar-refractivity contribution in [2.24, 2.45) is 5.73 Å². The molecule has 1 heterocycles. The van der Waals surface area contributed by atoms with Crippen molar-refractivity contribution in [2.75, 3.05) is 4.90 Å². The number of anilines is 1. The minimum Gasteiger partial charge on any atom is -0.384 e. The molecule has 0 saturated heterocycles. The number of nitrogens with zero attached hydrogens (tertiary/aromatic N) is 1. The third-order valence-corrected chi connectivity index (χ3v) is 4.44. The standard InChI is InChI=1S/C15H18BrN3S/c1-10(2)19(9-12-4-3-7-20-12)14-6-5-11(16)8-13(14)15(17)18/h3-8,10H,9H2,1-2H3,(H3,17,18). The molecule has 0 aliphatic heterocycles. The van der Waals surface area contributed by atoms with Crippen LogP contribution in [0.5, 0.6) is 0 Å². The third kappa shape index (κ3) is 3.41. The number of nitrogen functional groups attached to an aromatic ring is 1. The highest BCUT2D eigenvalue weighted by Gasteiger charge is 2.17. The Morgan fingerprint density at radius 3 is 2.70 bits per heavy atom. The largest absolute Gasteiger partial charge is 0.384 e. The van der Waals surface area contributed by atoms with Crippen molar-refractivity contribution in [1.29, 1.82) is 5.41 Å². The topological polar surface area (TPSA) is 53.1 Å². The number of halogens is 1. The van der Waals surface area contributed by atoms with Crippen LogP contribution in [0.2, 0.25) is 0 Å². The summed E-state index contributed by atoms with van der Waals surface area (Å²) in [5, 5.41) is 9.87. The van der Waals surface area contributed by atoms with Crippen molar-refractivity contribution in [3.63, 3.8) is 0 Å². The second-order valence-corrected chi connectivity index (χ2v) is 6.82. The van der Waals surface area contributed by atoms with Crippen LogP contribution < -0.4 is 10.6 Å². The second-order valence-electron chi connectivity index (χ2n) is 4.88. The van der Waals surface area contributed by atoms with Gasteiger partial charge in [0.25, 0.3) is 0 Å². The molecule has 0 saturated carbocycles. The minimum atomic E-state index is 0.0955. The van der Waals surface area contributed by atoms with Gasteiger partial charge in [0.15, 0.2) is 0 Å². The van der Waals surface area contributed by atoms with Gasteiger partial charge < -0.3 is 10.6 Å². The fraction of sp³-hybridized carbons (Fsp3) is 0.267. The van der Waals surface area contributed by atoms with Gasteiger partial charge in [-0.05, 0) is 43.5 Å². The lowest BCUT2D eigenvalue weighted by Crippen LogP contribution is -2.32. The van der Waals surface area contributed by atoms with Gasteiger partial charge in [-0.3, -0.25) is 5.41 Å². The number of amidine groups is 1. The summed E-state index contributed by atoms with van der Waals surface area (Å²) in [5.41, 5.74) is 7.51. The SMILES string of the molecule is CC(C)N(Cc1cccs1)c1ccc(Br)cc1C(=N)N. The summed E-state index contributed by atoms with van der Waals surface area (Å²) in [5.74, 6) is 0.0955. The van der Waals surface area contributed by atoms with Crippen LogP contribution in [0.4, 0.5) is 5.69 Å². The molecule has 0 radical (unpaired) electrons. The van der Waals surface area contributed by atoms with E-state index in [1.165, 1.54) is 4.88 Å². The smallest absolute Gasteiger partial charge is 0.124 e. The Kier molecular flexibility index (Phi) is 4.83. The van der Waals surface area contributed by atoms with E-state index in [9.17, 15) is 0 Å². The van der Waals surface area contributed by atoms with E-state index in [1.54, 1.807) is 11.3 Å². The van der Waals surface area contributed by atoms with Crippen molar-refractivity contribution in [1.82, 2.24) is 0 Å². The van der Waals surface area contributed by atoms with Gasteiger partial charge in [0.1, 0.15) is 5.84 Å². The summed E-state index contributed by atoms with van der Waals surface area (Å²) in [6, 6.07) is 10.4. The molecule has 0 aliphatic rings. The van der Waals surface area contributed by atoms with Gasteiger partial charge in [0, 0.05) is 26.6 Å². The lowest BCUT2D eigenvalue weighted by atomic mass is 10.1. The van der Waals surface area contributed by atoms with Crippen LogP contribution in [0.1, 0.15) is 24.3 Å². The number of nitrogens with one attached hydrogen (secondary N) is 1. The Bertz CT molecular complexity index is 593. The first-order valence-electron chi connectivity index (χ1n) is 6.42. The highest BCUT2D eigenvalue weighted by molar-refractivity contribution is 9.10. The molecule has 3 nitrogen and oxygen atoms in total. The van der Waals surface area contributed by atoms with E-state index < -0.39 is 0 Å². The summed E-state index contributed by atoms with van der Waals surface area (Å²) in [6.07, 6.45) is 0. The Balaban J connectivity index is 2.41. The van der Waals surface area contributed by atoms with Gasteiger partial charge >= 0.3 is 0 Å². The van der Waals surface area contributed by atoms with E-state index in [0.717, 1.165) is 22.3 Å². The quantitative estimate of drug-likeness (QED) is 0.626. The van der Waals surface area contributed by atoms with Crippen LogP contribution in [-0.4, -0.2) is 11.9 Å². The summed E-state index contributed by atoms with van der Waals surface area (Å²) >= 11 is 5.19. The maximum Gasteiger partial charge on any atom is 0.124 e. The van der Waals surface area contributed by atoms with Crippen LogP contribution in [0, 0.1) is 5.41 Å². The molecule has 0 aliphatic carbocycles. The lowest BCUT2D eigenvalue weighted by Gasteiger charge is -2.30. The van der Waals surface area contributed by atoms with E-state index in [1.807, 2.05) is 18.2 Å². The number of hydrogen-bond donors (Lipinski definition) is 2. The number of benzene rings is 1. The molecule has 0 unspecified atom stereocenters. The van der Waals surface area contributed by atoms with E-state index in [0.29, 0.717) is 6.04 Å². The average Bonchev–Trinajstić information content (AvgIpc) is 2.89. The molecule has 0 atom stereocenters. The maximum absolute atomic E-state index is 7.79. The fourth-order valence-corrected chi connectivity index (χ4v) is 3.15. The highest BCUT2D eigenvalue weighted by Crippen LogP contribution is 2.28. The number of thiophene rings is 1. The van der Waals surface area contributed by atoms with Gasteiger partial charge in [-0.25, -0.2) is 0 Å². The van der Waals surface area contributed by atoms with Gasteiger partial charge in [0.2, 0.25) is 0 Å². The molecule has 5 heteroatoms. The lowest BCUT2D eigenvalue weighted by molar-refractivity contribution is 0.686. The van der Waals surface area contributed by atoms with Crippen molar-refractivity contribution >= 4 is 38.8 Å². The van der Waals surface area contributed by atoms with Crippen molar-refractivity contribution in [3.05, 3.63) is 50.6 Å². The molecule has 0 fully saturated rings. The van der Waals surface area contributed by atoms with Gasteiger partial charge in [-0.1, -0.05) is 22.0 Å². The summed E-state index contributed by atoms with van der Waals surface area (Å²) in [7, 11) is 0. The number of nitrogens with two attached hydrogens (primary N) is 1. The first-order valence-corrected chi connectivity index (χ1v) is 8.09.